The number of carbonyl (C=O) groups is 1. The maximum absolute atomic E-state index is 12.1. The molecule has 18 heavy (non-hydrogen) atoms. The second-order valence-electron chi connectivity index (χ2n) is 3.55. The molecule has 0 aliphatic carbocycles. The molecule has 0 saturated heterocycles. The number of sulfone groups is 1. The van der Waals surface area contributed by atoms with Gasteiger partial charge in [0.15, 0.2) is 9.84 Å². The van der Waals surface area contributed by atoms with Crippen LogP contribution in [-0.4, -0.2) is 24.7 Å². The Balaban J connectivity index is 3.56. The molecule has 0 saturated carbocycles. The summed E-state index contributed by atoms with van der Waals surface area (Å²) in [7, 11) is -3.76. The van der Waals surface area contributed by atoms with Crippen molar-refractivity contribution in [3.05, 3.63) is 40.4 Å². The van der Waals surface area contributed by atoms with Crippen LogP contribution < -0.4 is 0 Å². The molecule has 0 heterocycles. The first kappa shape index (κ1) is 15.0. The van der Waals surface area contributed by atoms with Crippen LogP contribution >= 0.6 is 23.2 Å². The smallest absolute Gasteiger partial charge is 0.337 e. The van der Waals surface area contributed by atoms with E-state index in [1.54, 1.807) is 0 Å². The van der Waals surface area contributed by atoms with Crippen molar-refractivity contribution in [1.29, 1.82) is 0 Å². The van der Waals surface area contributed by atoms with E-state index in [1.807, 2.05) is 0 Å². The largest absolute Gasteiger partial charge is 0.478 e. The maximum atomic E-state index is 12.1. The second kappa shape index (κ2) is 5.30. The summed E-state index contributed by atoms with van der Waals surface area (Å²) in [6.07, 6.45) is 1.24. The van der Waals surface area contributed by atoms with Crippen LogP contribution in [0.25, 0.3) is 0 Å². The summed E-state index contributed by atoms with van der Waals surface area (Å²) in [5, 5.41) is 7.80. The van der Waals surface area contributed by atoms with Gasteiger partial charge in [0.25, 0.3) is 0 Å². The zero-order valence-electron chi connectivity index (χ0n) is 9.35. The molecule has 1 atom stereocenters. The molecule has 1 aromatic carbocycles. The molecule has 0 amide bonds. The van der Waals surface area contributed by atoms with Crippen LogP contribution in [0.5, 0.6) is 0 Å². The number of benzene rings is 1. The minimum absolute atomic E-state index is 0.112. The van der Waals surface area contributed by atoms with E-state index in [1.165, 1.54) is 13.0 Å². The van der Waals surface area contributed by atoms with Gasteiger partial charge >= 0.3 is 5.97 Å². The topological polar surface area (TPSA) is 71.4 Å². The fraction of sp³-hybridized carbons (Fsp3) is 0.182. The van der Waals surface area contributed by atoms with Crippen molar-refractivity contribution in [3.8, 4) is 0 Å². The molecule has 1 rings (SSSR count). The molecule has 0 aliphatic rings. The molecule has 0 aliphatic heterocycles. The highest BCUT2D eigenvalue weighted by atomic mass is 35.5. The van der Waals surface area contributed by atoms with Gasteiger partial charge in [-0.25, -0.2) is 13.2 Å². The standard InChI is InChI=1S/C11H10Cl2O4S/c1-3-6(2)18(16,17)10-4-7(11(14)15)8(12)5-9(10)13/h3-6H,1H2,2H3,(H,14,15). The van der Waals surface area contributed by atoms with E-state index < -0.39 is 21.1 Å². The number of halogens is 2. The summed E-state index contributed by atoms with van der Waals surface area (Å²) in [6, 6.07) is 2.07. The van der Waals surface area contributed by atoms with Crippen LogP contribution in [0.3, 0.4) is 0 Å². The lowest BCUT2D eigenvalue weighted by atomic mass is 10.2. The van der Waals surface area contributed by atoms with E-state index >= 15 is 0 Å². The van der Waals surface area contributed by atoms with Gasteiger partial charge in [0.2, 0.25) is 0 Å². The predicted octanol–water partition coefficient (Wildman–Crippen LogP) is 3.04. The average Bonchev–Trinajstić information content (AvgIpc) is 2.26. The third kappa shape index (κ3) is 2.68. The molecule has 0 bridgehead atoms. The van der Waals surface area contributed by atoms with E-state index in [2.05, 4.69) is 6.58 Å². The molecule has 98 valence electrons. The molecule has 0 spiro atoms. The first-order valence-electron chi connectivity index (χ1n) is 4.80. The highest BCUT2D eigenvalue weighted by Crippen LogP contribution is 2.31. The molecule has 4 nitrogen and oxygen atoms in total. The van der Waals surface area contributed by atoms with Gasteiger partial charge in [0, 0.05) is 0 Å². The fourth-order valence-corrected chi connectivity index (χ4v) is 3.29. The van der Waals surface area contributed by atoms with Crippen molar-refractivity contribution in [2.24, 2.45) is 0 Å². The number of rotatable bonds is 4. The summed E-state index contributed by atoms with van der Waals surface area (Å²) in [5.41, 5.74) is -0.309. The molecule has 1 unspecified atom stereocenters. The van der Waals surface area contributed by atoms with Gasteiger partial charge in [-0.05, 0) is 19.1 Å². The Hall–Kier alpha value is -1.04. The van der Waals surface area contributed by atoms with Gasteiger partial charge in [0.05, 0.1) is 25.8 Å². The number of aromatic carboxylic acids is 1. The molecular weight excluding hydrogens is 299 g/mol. The Kier molecular flexibility index (Phi) is 4.42. The Bertz CT molecular complexity index is 608. The van der Waals surface area contributed by atoms with Crippen LogP contribution in [0.15, 0.2) is 29.7 Å². The highest BCUT2D eigenvalue weighted by Gasteiger charge is 2.26. The molecule has 0 fully saturated rings. The zero-order valence-corrected chi connectivity index (χ0v) is 11.7. The fourth-order valence-electron chi connectivity index (χ4n) is 1.24. The monoisotopic (exact) mass is 308 g/mol. The molecule has 1 aromatic rings. The summed E-state index contributed by atoms with van der Waals surface area (Å²) < 4.78 is 24.2. The van der Waals surface area contributed by atoms with Crippen molar-refractivity contribution in [3.63, 3.8) is 0 Å². The Morgan fingerprint density at radius 3 is 2.39 bits per heavy atom. The maximum Gasteiger partial charge on any atom is 0.337 e. The first-order valence-corrected chi connectivity index (χ1v) is 7.10. The summed E-state index contributed by atoms with van der Waals surface area (Å²) >= 11 is 11.5. The van der Waals surface area contributed by atoms with Crippen molar-refractivity contribution in [1.82, 2.24) is 0 Å². The molecule has 0 radical (unpaired) electrons. The summed E-state index contributed by atoms with van der Waals surface area (Å²) in [6.45, 7) is 4.82. The normalized spacial score (nSPS) is 13.1. The van der Waals surface area contributed by atoms with Crippen LogP contribution in [0, 0.1) is 0 Å². The van der Waals surface area contributed by atoms with E-state index in [0.717, 1.165) is 12.1 Å². The quantitative estimate of drug-likeness (QED) is 0.868. The molecule has 0 aromatic heterocycles. The number of carboxylic acid groups (broad SMARTS) is 1. The van der Waals surface area contributed by atoms with Crippen molar-refractivity contribution in [2.45, 2.75) is 17.1 Å². The Morgan fingerprint density at radius 1 is 1.39 bits per heavy atom. The van der Waals surface area contributed by atoms with Gasteiger partial charge in [-0.15, -0.1) is 6.58 Å². The number of hydrogen-bond donors (Lipinski definition) is 1. The van der Waals surface area contributed by atoms with E-state index in [9.17, 15) is 13.2 Å². The van der Waals surface area contributed by atoms with E-state index in [-0.39, 0.29) is 20.5 Å². The van der Waals surface area contributed by atoms with E-state index in [0.29, 0.717) is 0 Å². The highest BCUT2D eigenvalue weighted by molar-refractivity contribution is 7.92. The van der Waals surface area contributed by atoms with Crippen molar-refractivity contribution in [2.75, 3.05) is 0 Å². The molecular formula is C11H10Cl2O4S. The minimum atomic E-state index is -3.76. The van der Waals surface area contributed by atoms with Crippen LogP contribution in [0.4, 0.5) is 0 Å². The number of hydrogen-bond acceptors (Lipinski definition) is 3. The third-order valence-corrected chi connectivity index (χ3v) is 5.24. The number of carboxylic acids is 1. The van der Waals surface area contributed by atoms with Crippen molar-refractivity contribution >= 4 is 39.0 Å². The van der Waals surface area contributed by atoms with Crippen LogP contribution in [0.1, 0.15) is 17.3 Å². The Morgan fingerprint density at radius 2 is 1.94 bits per heavy atom. The van der Waals surface area contributed by atoms with Gasteiger partial charge < -0.3 is 5.11 Å². The van der Waals surface area contributed by atoms with Gasteiger partial charge in [-0.1, -0.05) is 29.3 Å². The van der Waals surface area contributed by atoms with Gasteiger partial charge in [0.1, 0.15) is 0 Å². The zero-order chi connectivity index (χ0) is 14.1. The molecule has 1 N–H and O–H groups in total. The Labute approximate surface area is 115 Å². The lowest BCUT2D eigenvalue weighted by molar-refractivity contribution is 0.0697. The van der Waals surface area contributed by atoms with Gasteiger partial charge in [-0.3, -0.25) is 0 Å². The predicted molar refractivity (Wildman–Crippen MR) is 70.3 cm³/mol. The lowest BCUT2D eigenvalue weighted by Crippen LogP contribution is -2.16. The molecule has 7 heteroatoms. The minimum Gasteiger partial charge on any atom is -0.478 e. The average molecular weight is 309 g/mol. The SMILES string of the molecule is C=CC(C)S(=O)(=O)c1cc(C(=O)O)c(Cl)cc1Cl. The van der Waals surface area contributed by atoms with Gasteiger partial charge in [-0.2, -0.15) is 0 Å². The lowest BCUT2D eigenvalue weighted by Gasteiger charge is -2.11. The van der Waals surface area contributed by atoms with Crippen LogP contribution in [-0.2, 0) is 9.84 Å². The summed E-state index contributed by atoms with van der Waals surface area (Å²) in [4.78, 5) is 10.6. The van der Waals surface area contributed by atoms with E-state index in [4.69, 9.17) is 28.3 Å². The first-order chi connectivity index (χ1) is 8.21. The third-order valence-electron chi connectivity index (χ3n) is 2.38. The second-order valence-corrected chi connectivity index (χ2v) is 6.64. The van der Waals surface area contributed by atoms with Crippen molar-refractivity contribution < 1.29 is 18.3 Å². The summed E-state index contributed by atoms with van der Waals surface area (Å²) in [5.74, 6) is -1.32. The van der Waals surface area contributed by atoms with Crippen LogP contribution in [0.2, 0.25) is 10.0 Å².